The molecule has 0 radical (unpaired) electrons. The number of benzene rings is 5. The summed E-state index contributed by atoms with van der Waals surface area (Å²) in [6.07, 6.45) is 7.35. The summed E-state index contributed by atoms with van der Waals surface area (Å²) >= 11 is 0. The van der Waals surface area contributed by atoms with Crippen LogP contribution in [-0.4, -0.2) is 70.6 Å². The minimum absolute atomic E-state index is 0.000589. The molecular weight excluding hydrogens is 846 g/mol. The standard InChI is InChI=1S/C52H54FN3O10/c1-3-28-63-52-48(55(33-34-14-17-38(53)18-15-34)51(59)65-40-22-19-39(20-23-40)56(60)61)32-46(54-62-2)44-30-37(12-6-8-26-57)43(13-7-9-27-58)49(50(44)52)45-31-42(24-25-47(45)66-52)64-41-21-16-35-10-4-5-11-36(35)29-41/h3-5,10-11,14-25,29-31,37,43,48-50,57-58H,1,6-9,12-13,26-28,32-33H2,2H3. The van der Waals surface area contributed by atoms with Crippen molar-refractivity contribution in [1.29, 1.82) is 0 Å². The number of carbonyl (C=O) groups is 1. The Hall–Kier alpha value is -6.61. The molecule has 3 aliphatic rings. The van der Waals surface area contributed by atoms with Gasteiger partial charge in [-0.05, 0) is 114 Å². The SMILES string of the molecule is C=CCOC12Oc3ccc(Oc4ccc5ccccc5c4)cc3C3C(CCCCO)C(CCCCO)C=C(C(=NOC)CC1N(Cc1ccc(F)cc1)C(=O)Oc1ccc([N+](=O)[O-])cc1)C32. The minimum Gasteiger partial charge on any atom is -0.459 e. The van der Waals surface area contributed by atoms with Gasteiger partial charge in [0.15, 0.2) is 0 Å². The minimum atomic E-state index is -1.62. The molecule has 2 aliphatic carbocycles. The van der Waals surface area contributed by atoms with E-state index in [4.69, 9.17) is 23.8 Å². The molecule has 0 bridgehead atoms. The van der Waals surface area contributed by atoms with Crippen LogP contribution in [0.1, 0.15) is 62.0 Å². The molecule has 5 aromatic rings. The Balaban J connectivity index is 1.31. The zero-order valence-electron chi connectivity index (χ0n) is 36.8. The third kappa shape index (κ3) is 9.67. The van der Waals surface area contributed by atoms with Gasteiger partial charge in [-0.25, -0.2) is 9.18 Å². The number of nitrogens with zero attached hydrogens (tertiary/aromatic N) is 3. The summed E-state index contributed by atoms with van der Waals surface area (Å²) < 4.78 is 41.4. The van der Waals surface area contributed by atoms with Crippen LogP contribution >= 0.6 is 0 Å². The maximum absolute atomic E-state index is 14.9. The van der Waals surface area contributed by atoms with Gasteiger partial charge in [0, 0.05) is 49.8 Å². The van der Waals surface area contributed by atoms with Crippen molar-refractivity contribution < 1.29 is 48.1 Å². The number of aliphatic hydroxyl groups excluding tert-OH is 2. The molecule has 5 aromatic carbocycles. The molecule has 6 atom stereocenters. The van der Waals surface area contributed by atoms with E-state index >= 15 is 0 Å². The van der Waals surface area contributed by atoms with E-state index < -0.39 is 34.6 Å². The summed E-state index contributed by atoms with van der Waals surface area (Å²) in [5, 5.41) is 38.2. The lowest BCUT2D eigenvalue weighted by Gasteiger charge is -2.59. The number of nitro groups is 1. The Morgan fingerprint density at radius 1 is 0.924 bits per heavy atom. The summed E-state index contributed by atoms with van der Waals surface area (Å²) in [5.41, 5.74) is 2.69. The number of ether oxygens (including phenoxy) is 4. The number of carbonyl (C=O) groups excluding carboxylic acids is 1. The Morgan fingerprint density at radius 3 is 2.33 bits per heavy atom. The largest absolute Gasteiger partial charge is 0.459 e. The quantitative estimate of drug-likeness (QED) is 0.0353. The second-order valence-electron chi connectivity index (χ2n) is 16.9. The lowest BCUT2D eigenvalue weighted by molar-refractivity contribution is -0.384. The van der Waals surface area contributed by atoms with Gasteiger partial charge in [0.1, 0.15) is 42.0 Å². The first-order valence-electron chi connectivity index (χ1n) is 22.4. The van der Waals surface area contributed by atoms with Crippen molar-refractivity contribution in [2.45, 2.75) is 69.2 Å². The number of halogens is 1. The highest BCUT2D eigenvalue weighted by molar-refractivity contribution is 6.03. The number of fused-ring (bicyclic) bond motifs is 3. The van der Waals surface area contributed by atoms with Gasteiger partial charge in [-0.2, -0.15) is 0 Å². The molecule has 6 unspecified atom stereocenters. The third-order valence-electron chi connectivity index (χ3n) is 12.9. The normalized spacial score (nSPS) is 22.3. The van der Waals surface area contributed by atoms with Crippen LogP contribution in [0.5, 0.6) is 23.0 Å². The van der Waals surface area contributed by atoms with Gasteiger partial charge in [-0.1, -0.05) is 72.6 Å². The zero-order chi connectivity index (χ0) is 46.2. The van der Waals surface area contributed by atoms with Gasteiger partial charge in [-0.3, -0.25) is 15.0 Å². The summed E-state index contributed by atoms with van der Waals surface area (Å²) in [6, 6.07) is 29.8. The second-order valence-corrected chi connectivity index (χ2v) is 16.9. The predicted octanol–water partition coefficient (Wildman–Crippen LogP) is 10.6. The van der Waals surface area contributed by atoms with E-state index in [1.54, 1.807) is 18.2 Å². The molecule has 1 heterocycles. The van der Waals surface area contributed by atoms with Crippen LogP contribution in [0.25, 0.3) is 10.8 Å². The van der Waals surface area contributed by atoms with Gasteiger partial charge in [0.2, 0.25) is 5.79 Å². The number of nitro benzene ring substituents is 1. The van der Waals surface area contributed by atoms with E-state index in [1.807, 2.05) is 60.7 Å². The monoisotopic (exact) mass is 899 g/mol. The average molecular weight is 900 g/mol. The van der Waals surface area contributed by atoms with Crippen molar-refractivity contribution in [1.82, 2.24) is 4.90 Å². The molecule has 2 N–H and O–H groups in total. The number of amides is 1. The maximum Gasteiger partial charge on any atom is 0.416 e. The molecule has 8 rings (SSSR count). The summed E-state index contributed by atoms with van der Waals surface area (Å²) in [4.78, 5) is 32.9. The average Bonchev–Trinajstić information content (AvgIpc) is 3.32. The highest BCUT2D eigenvalue weighted by atomic mass is 19.1. The lowest BCUT2D eigenvalue weighted by Crippen LogP contribution is -2.70. The first-order valence-corrected chi connectivity index (χ1v) is 22.4. The first kappa shape index (κ1) is 45.9. The van der Waals surface area contributed by atoms with Gasteiger partial charge in [0.25, 0.3) is 5.69 Å². The Labute approximate surface area is 382 Å². The van der Waals surface area contributed by atoms with Crippen molar-refractivity contribution in [2.24, 2.45) is 22.9 Å². The summed E-state index contributed by atoms with van der Waals surface area (Å²) in [7, 11) is 1.47. The highest BCUT2D eigenvalue weighted by Gasteiger charge is 2.65. The van der Waals surface area contributed by atoms with Crippen LogP contribution in [0, 0.1) is 33.7 Å². The molecule has 1 amide bonds. The smallest absolute Gasteiger partial charge is 0.416 e. The highest BCUT2D eigenvalue weighted by Crippen LogP contribution is 2.62. The molecule has 14 heteroatoms. The van der Waals surface area contributed by atoms with Crippen LogP contribution in [-0.2, 0) is 16.1 Å². The fourth-order valence-electron chi connectivity index (χ4n) is 10.1. The number of hydrogen-bond acceptors (Lipinski definition) is 11. The molecule has 0 saturated heterocycles. The maximum atomic E-state index is 14.9. The van der Waals surface area contributed by atoms with Crippen molar-refractivity contribution in [2.75, 3.05) is 26.9 Å². The number of rotatable bonds is 19. The van der Waals surface area contributed by atoms with Crippen molar-refractivity contribution in [3.05, 3.63) is 161 Å². The Morgan fingerprint density at radius 2 is 1.62 bits per heavy atom. The summed E-state index contributed by atoms with van der Waals surface area (Å²) in [6.45, 7) is 4.05. The van der Waals surface area contributed by atoms with E-state index in [0.29, 0.717) is 41.4 Å². The number of allylic oxidation sites excluding steroid dienone is 1. The molecule has 0 aromatic heterocycles. The van der Waals surface area contributed by atoms with E-state index in [1.165, 1.54) is 48.4 Å². The van der Waals surface area contributed by atoms with Crippen molar-refractivity contribution in [3.63, 3.8) is 0 Å². The molecule has 1 saturated carbocycles. The van der Waals surface area contributed by atoms with Gasteiger partial charge in [0.05, 0.1) is 23.2 Å². The Kier molecular flexibility index (Phi) is 14.4. The molecule has 13 nitrogen and oxygen atoms in total. The van der Waals surface area contributed by atoms with Gasteiger partial charge < -0.3 is 34.0 Å². The van der Waals surface area contributed by atoms with Crippen molar-refractivity contribution >= 4 is 28.3 Å². The van der Waals surface area contributed by atoms with Crippen LogP contribution < -0.4 is 14.2 Å². The van der Waals surface area contributed by atoms with Gasteiger partial charge in [-0.15, -0.1) is 6.58 Å². The molecule has 0 spiro atoms. The molecular formula is C52H54FN3O10. The van der Waals surface area contributed by atoms with Gasteiger partial charge >= 0.3 is 6.09 Å². The van der Waals surface area contributed by atoms with E-state index in [9.17, 15) is 29.5 Å². The molecule has 1 aliphatic heterocycles. The number of non-ortho nitro benzene ring substituents is 1. The molecule has 1 fully saturated rings. The fraction of sp³-hybridized carbons (Fsp3) is 0.346. The topological polar surface area (TPSA) is 162 Å². The first-order chi connectivity index (χ1) is 32.2. The number of oxime groups is 1. The van der Waals surface area contributed by atoms with Crippen LogP contribution in [0.3, 0.4) is 0 Å². The lowest BCUT2D eigenvalue weighted by atomic mass is 9.55. The third-order valence-corrected chi connectivity index (χ3v) is 12.9. The number of hydrogen-bond donors (Lipinski definition) is 2. The van der Waals surface area contributed by atoms with Crippen LogP contribution in [0.4, 0.5) is 14.9 Å². The summed E-state index contributed by atoms with van der Waals surface area (Å²) in [5.74, 6) is -1.22. The van der Waals surface area contributed by atoms with E-state index in [0.717, 1.165) is 47.6 Å². The van der Waals surface area contributed by atoms with Crippen LogP contribution in [0.2, 0.25) is 0 Å². The molecule has 344 valence electrons. The predicted molar refractivity (Wildman–Crippen MR) is 247 cm³/mol. The number of unbranched alkanes of at least 4 members (excludes halogenated alkanes) is 2. The zero-order valence-corrected chi connectivity index (χ0v) is 36.8. The van der Waals surface area contributed by atoms with Crippen LogP contribution in [0.15, 0.2) is 139 Å². The second kappa shape index (κ2) is 20.7. The van der Waals surface area contributed by atoms with Crippen molar-refractivity contribution in [3.8, 4) is 23.0 Å². The van der Waals surface area contributed by atoms with E-state index in [-0.39, 0.29) is 62.0 Å². The number of aliphatic hydroxyl groups is 2. The Bertz CT molecular complexity index is 2580. The molecule has 66 heavy (non-hydrogen) atoms. The van der Waals surface area contributed by atoms with E-state index in [2.05, 4.69) is 17.8 Å². The fourth-order valence-corrected chi connectivity index (χ4v) is 10.1.